The van der Waals surface area contributed by atoms with E-state index in [1.807, 2.05) is 37.9 Å². The summed E-state index contributed by atoms with van der Waals surface area (Å²) in [5, 5.41) is 3.95. The molecule has 0 amide bonds. The molecule has 0 radical (unpaired) electrons. The molecule has 0 atom stereocenters. The lowest BCUT2D eigenvalue weighted by molar-refractivity contribution is 0.390. The number of hydrogen-bond donors (Lipinski definition) is 1. The normalized spacial score (nSPS) is 10.5. The van der Waals surface area contributed by atoms with Crippen molar-refractivity contribution >= 4 is 11.5 Å². The predicted molar refractivity (Wildman–Crippen MR) is 66.7 cm³/mol. The highest BCUT2D eigenvalue weighted by Gasteiger charge is 2.11. The van der Waals surface area contributed by atoms with E-state index in [2.05, 4.69) is 10.1 Å². The molecule has 5 heteroatoms. The molecule has 0 fully saturated rings. The summed E-state index contributed by atoms with van der Waals surface area (Å²) in [6, 6.07) is 3.80. The van der Waals surface area contributed by atoms with Crippen molar-refractivity contribution in [3.63, 3.8) is 0 Å². The van der Waals surface area contributed by atoms with Crippen molar-refractivity contribution in [3.05, 3.63) is 35.3 Å². The lowest BCUT2D eigenvalue weighted by atomic mass is 10.2. The Hall–Kier alpha value is -2.04. The van der Waals surface area contributed by atoms with Crippen LogP contribution in [-0.2, 0) is 6.54 Å². The van der Waals surface area contributed by atoms with E-state index >= 15 is 0 Å². The number of aromatic nitrogens is 2. The van der Waals surface area contributed by atoms with Crippen LogP contribution in [0.25, 0.3) is 0 Å². The molecule has 5 nitrogen and oxygen atoms in total. The van der Waals surface area contributed by atoms with E-state index in [0.29, 0.717) is 12.2 Å². The van der Waals surface area contributed by atoms with Crippen molar-refractivity contribution in [2.45, 2.75) is 20.4 Å². The highest BCUT2D eigenvalue weighted by molar-refractivity contribution is 5.65. The minimum atomic E-state index is 0.623. The molecule has 0 aliphatic carbocycles. The fraction of sp³-hybridized carbons (Fsp3) is 0.333. The number of rotatable bonds is 3. The molecule has 0 bridgehead atoms. The van der Waals surface area contributed by atoms with Gasteiger partial charge in [0, 0.05) is 19.3 Å². The minimum absolute atomic E-state index is 0.623. The van der Waals surface area contributed by atoms with Crippen molar-refractivity contribution < 1.29 is 4.52 Å². The Balaban J connectivity index is 2.20. The maximum absolute atomic E-state index is 5.99. The molecule has 0 spiro atoms. The largest absolute Gasteiger partial charge is 0.396 e. The molecule has 0 aromatic carbocycles. The van der Waals surface area contributed by atoms with Crippen molar-refractivity contribution in [2.75, 3.05) is 17.7 Å². The van der Waals surface area contributed by atoms with Crippen LogP contribution in [0.1, 0.15) is 17.0 Å². The molecular weight excluding hydrogens is 216 g/mol. The molecule has 0 aliphatic rings. The molecule has 2 aromatic rings. The highest BCUT2D eigenvalue weighted by Crippen LogP contribution is 2.23. The minimum Gasteiger partial charge on any atom is -0.396 e. The molecule has 2 rings (SSSR count). The van der Waals surface area contributed by atoms with Crippen LogP contribution < -0.4 is 10.6 Å². The molecular formula is C12H16N4O. The van der Waals surface area contributed by atoms with Crippen LogP contribution in [0.3, 0.4) is 0 Å². The van der Waals surface area contributed by atoms with E-state index in [4.69, 9.17) is 10.3 Å². The Morgan fingerprint density at radius 1 is 1.41 bits per heavy atom. The number of nitrogen functional groups attached to an aromatic ring is 1. The Bertz CT molecular complexity index is 521. The summed E-state index contributed by atoms with van der Waals surface area (Å²) in [5.41, 5.74) is 8.59. The van der Waals surface area contributed by atoms with Crippen LogP contribution in [0, 0.1) is 13.8 Å². The van der Waals surface area contributed by atoms with Gasteiger partial charge in [-0.25, -0.2) is 4.98 Å². The zero-order valence-electron chi connectivity index (χ0n) is 10.3. The summed E-state index contributed by atoms with van der Waals surface area (Å²) >= 11 is 0. The number of hydrogen-bond acceptors (Lipinski definition) is 5. The van der Waals surface area contributed by atoms with Gasteiger partial charge in [0.05, 0.1) is 12.2 Å². The molecule has 0 saturated carbocycles. The number of pyridine rings is 1. The van der Waals surface area contributed by atoms with Gasteiger partial charge < -0.3 is 15.2 Å². The predicted octanol–water partition coefficient (Wildman–Crippen LogP) is 1.91. The molecule has 90 valence electrons. The van der Waals surface area contributed by atoms with Crippen LogP contribution in [-0.4, -0.2) is 17.2 Å². The van der Waals surface area contributed by atoms with Gasteiger partial charge in [-0.1, -0.05) is 5.16 Å². The summed E-state index contributed by atoms with van der Waals surface area (Å²) < 4.78 is 5.03. The van der Waals surface area contributed by atoms with E-state index in [1.165, 1.54) is 0 Å². The molecule has 0 unspecified atom stereocenters. The summed E-state index contributed by atoms with van der Waals surface area (Å²) in [6.45, 7) is 4.46. The number of nitrogens with zero attached hydrogens (tertiary/aromatic N) is 3. The summed E-state index contributed by atoms with van der Waals surface area (Å²) in [7, 11) is 1.93. The second-order valence-electron chi connectivity index (χ2n) is 4.15. The lowest BCUT2D eigenvalue weighted by Crippen LogP contribution is -2.19. The number of nitrogens with two attached hydrogens (primary N) is 1. The van der Waals surface area contributed by atoms with Crippen LogP contribution in [0.5, 0.6) is 0 Å². The monoisotopic (exact) mass is 232 g/mol. The zero-order valence-corrected chi connectivity index (χ0v) is 10.3. The van der Waals surface area contributed by atoms with Crippen molar-refractivity contribution in [1.82, 2.24) is 10.1 Å². The van der Waals surface area contributed by atoms with E-state index in [9.17, 15) is 0 Å². The second-order valence-corrected chi connectivity index (χ2v) is 4.15. The summed E-state index contributed by atoms with van der Waals surface area (Å²) in [5.74, 6) is 1.57. The van der Waals surface area contributed by atoms with Crippen molar-refractivity contribution in [1.29, 1.82) is 0 Å². The van der Waals surface area contributed by atoms with E-state index in [1.54, 1.807) is 6.20 Å². The van der Waals surface area contributed by atoms with Gasteiger partial charge in [-0.2, -0.15) is 0 Å². The van der Waals surface area contributed by atoms with E-state index in [0.717, 1.165) is 22.8 Å². The first-order chi connectivity index (χ1) is 8.08. The van der Waals surface area contributed by atoms with Crippen molar-refractivity contribution in [3.8, 4) is 0 Å². The average Bonchev–Trinajstić information content (AvgIpc) is 2.68. The van der Waals surface area contributed by atoms with Gasteiger partial charge in [0.2, 0.25) is 0 Å². The molecule has 0 saturated heterocycles. The summed E-state index contributed by atoms with van der Waals surface area (Å²) in [6.07, 6.45) is 1.76. The average molecular weight is 232 g/mol. The number of aryl methyl sites for hydroxylation is 2. The smallest absolute Gasteiger partial charge is 0.152 e. The highest BCUT2D eigenvalue weighted by atomic mass is 16.5. The quantitative estimate of drug-likeness (QED) is 0.875. The maximum Gasteiger partial charge on any atom is 0.152 e. The van der Waals surface area contributed by atoms with Crippen LogP contribution in [0.4, 0.5) is 11.5 Å². The van der Waals surface area contributed by atoms with E-state index < -0.39 is 0 Å². The Kier molecular flexibility index (Phi) is 2.99. The molecule has 0 aliphatic heterocycles. The third-order valence-corrected chi connectivity index (χ3v) is 2.62. The standard InChI is InChI=1S/C12H16N4O/c1-8-4-5-14-12(11(8)13)16(3)7-10-6-9(2)17-15-10/h4-6H,7,13H2,1-3H3. The Labute approximate surface area is 100 Å². The molecule has 2 heterocycles. The van der Waals surface area contributed by atoms with Gasteiger partial charge in [-0.05, 0) is 25.5 Å². The van der Waals surface area contributed by atoms with Crippen molar-refractivity contribution in [2.24, 2.45) is 0 Å². The SMILES string of the molecule is Cc1cc(CN(C)c2nccc(C)c2N)no1. The van der Waals surface area contributed by atoms with Crippen LogP contribution in [0.15, 0.2) is 22.9 Å². The first kappa shape index (κ1) is 11.4. The Morgan fingerprint density at radius 3 is 2.82 bits per heavy atom. The van der Waals surface area contributed by atoms with Gasteiger partial charge in [-0.3, -0.25) is 0 Å². The topological polar surface area (TPSA) is 68.2 Å². The second kappa shape index (κ2) is 4.45. The fourth-order valence-electron chi connectivity index (χ4n) is 1.67. The van der Waals surface area contributed by atoms with Gasteiger partial charge in [0.15, 0.2) is 5.82 Å². The lowest BCUT2D eigenvalue weighted by Gasteiger charge is -2.19. The Morgan fingerprint density at radius 2 is 2.18 bits per heavy atom. The van der Waals surface area contributed by atoms with Crippen LogP contribution >= 0.6 is 0 Å². The van der Waals surface area contributed by atoms with Gasteiger partial charge in [0.25, 0.3) is 0 Å². The van der Waals surface area contributed by atoms with Crippen LogP contribution in [0.2, 0.25) is 0 Å². The third kappa shape index (κ3) is 2.38. The van der Waals surface area contributed by atoms with Gasteiger partial charge in [0.1, 0.15) is 11.5 Å². The third-order valence-electron chi connectivity index (χ3n) is 2.62. The van der Waals surface area contributed by atoms with Gasteiger partial charge in [-0.15, -0.1) is 0 Å². The zero-order chi connectivity index (χ0) is 12.4. The maximum atomic E-state index is 5.99. The summed E-state index contributed by atoms with van der Waals surface area (Å²) in [4.78, 5) is 6.24. The first-order valence-corrected chi connectivity index (χ1v) is 5.42. The molecule has 2 N–H and O–H groups in total. The molecule has 2 aromatic heterocycles. The first-order valence-electron chi connectivity index (χ1n) is 5.42. The van der Waals surface area contributed by atoms with Gasteiger partial charge >= 0.3 is 0 Å². The number of anilines is 2. The van der Waals surface area contributed by atoms with E-state index in [-0.39, 0.29) is 0 Å². The molecule has 17 heavy (non-hydrogen) atoms. The fourth-order valence-corrected chi connectivity index (χ4v) is 1.67.